The molecule has 0 aliphatic heterocycles. The minimum Gasteiger partial charge on any atom is -0.296 e. The summed E-state index contributed by atoms with van der Waals surface area (Å²) < 4.78 is 1.34. The van der Waals surface area contributed by atoms with Crippen LogP contribution >= 0.6 is 12.4 Å². The number of nitrogens with zero attached hydrogens (tertiary/aromatic N) is 4. The van der Waals surface area contributed by atoms with E-state index in [1.165, 1.54) is 17.1 Å². The largest absolute Gasteiger partial charge is 0.296 e. The fourth-order valence-corrected chi connectivity index (χ4v) is 1.68. The van der Waals surface area contributed by atoms with E-state index in [1.54, 1.807) is 30.9 Å². The molecule has 0 radical (unpaired) electrons. The zero-order chi connectivity index (χ0) is 12.4. The molecule has 0 atom stereocenters. The van der Waals surface area contributed by atoms with Crippen molar-refractivity contribution >= 4 is 12.4 Å². The third-order valence-corrected chi connectivity index (χ3v) is 2.52. The summed E-state index contributed by atoms with van der Waals surface area (Å²) in [6, 6.07) is 3.62. The second-order valence-electron chi connectivity index (χ2n) is 3.63. The molecule has 0 fully saturated rings. The number of halogens is 1. The Morgan fingerprint density at radius 2 is 1.95 bits per heavy atom. The molecule has 1 N–H and O–H groups in total. The Morgan fingerprint density at radius 3 is 2.63 bits per heavy atom. The molecule has 3 heterocycles. The first kappa shape index (κ1) is 13.0. The van der Waals surface area contributed by atoms with Crippen LogP contribution in [-0.4, -0.2) is 24.7 Å². The van der Waals surface area contributed by atoms with Crippen LogP contribution in [0, 0.1) is 0 Å². The van der Waals surface area contributed by atoms with Gasteiger partial charge in [-0.2, -0.15) is 4.68 Å². The molecule has 0 saturated heterocycles. The smallest absolute Gasteiger partial charge is 0.280 e. The fraction of sp³-hybridized carbons (Fsp3) is 0. The molecule has 3 aromatic heterocycles. The van der Waals surface area contributed by atoms with E-state index in [-0.39, 0.29) is 18.0 Å². The number of rotatable bonds is 2. The Balaban J connectivity index is 0.00000133. The Hall–Kier alpha value is -2.47. The molecule has 0 aliphatic rings. The first-order valence-electron chi connectivity index (χ1n) is 5.33. The molecule has 0 saturated carbocycles. The van der Waals surface area contributed by atoms with E-state index >= 15 is 0 Å². The minimum absolute atomic E-state index is 0. The van der Waals surface area contributed by atoms with E-state index in [9.17, 15) is 4.79 Å². The average Bonchev–Trinajstić information content (AvgIpc) is 2.83. The van der Waals surface area contributed by atoms with Gasteiger partial charge in [0.1, 0.15) is 0 Å². The van der Waals surface area contributed by atoms with Crippen LogP contribution in [-0.2, 0) is 0 Å². The van der Waals surface area contributed by atoms with E-state index in [0.29, 0.717) is 11.4 Å². The molecule has 0 amide bonds. The topological polar surface area (TPSA) is 76.5 Å². The zero-order valence-corrected chi connectivity index (χ0v) is 10.5. The predicted molar refractivity (Wildman–Crippen MR) is 72.5 cm³/mol. The van der Waals surface area contributed by atoms with Gasteiger partial charge < -0.3 is 0 Å². The first-order valence-corrected chi connectivity index (χ1v) is 5.33. The molecule has 0 bridgehead atoms. The SMILES string of the molecule is Cl.O=c1c(-c2cccnc2)c[nH]n1-c1cnccn1. The summed E-state index contributed by atoms with van der Waals surface area (Å²) in [6.07, 6.45) is 9.55. The second-order valence-corrected chi connectivity index (χ2v) is 3.63. The monoisotopic (exact) mass is 275 g/mol. The third-order valence-electron chi connectivity index (χ3n) is 2.52. The average molecular weight is 276 g/mol. The number of pyridine rings is 1. The maximum absolute atomic E-state index is 12.2. The van der Waals surface area contributed by atoms with Gasteiger partial charge in [0.05, 0.1) is 11.8 Å². The number of aromatic amines is 1. The maximum atomic E-state index is 12.2. The molecule has 7 heteroatoms. The van der Waals surface area contributed by atoms with Gasteiger partial charge in [-0.25, -0.2) is 4.98 Å². The van der Waals surface area contributed by atoms with Gasteiger partial charge in [0, 0.05) is 36.5 Å². The standard InChI is InChI=1S/C12H9N5O.ClH/c18-12-10(9-2-1-3-13-6-9)7-16-17(12)11-8-14-4-5-15-11;/h1-8,16H;1H. The van der Waals surface area contributed by atoms with Crippen LogP contribution in [0.25, 0.3) is 16.9 Å². The maximum Gasteiger partial charge on any atom is 0.280 e. The van der Waals surface area contributed by atoms with Gasteiger partial charge in [0.25, 0.3) is 5.56 Å². The Labute approximate surface area is 114 Å². The van der Waals surface area contributed by atoms with Crippen molar-refractivity contribution in [3.8, 4) is 16.9 Å². The van der Waals surface area contributed by atoms with Crippen molar-refractivity contribution in [3.63, 3.8) is 0 Å². The lowest BCUT2D eigenvalue weighted by Crippen LogP contribution is -2.17. The molecular formula is C12H10ClN5O. The van der Waals surface area contributed by atoms with Crippen molar-refractivity contribution in [3.05, 3.63) is 59.7 Å². The quantitative estimate of drug-likeness (QED) is 0.768. The number of aromatic nitrogens is 5. The lowest BCUT2D eigenvalue weighted by Gasteiger charge is -1.97. The number of H-pyrrole nitrogens is 1. The van der Waals surface area contributed by atoms with Gasteiger partial charge in [-0.15, -0.1) is 12.4 Å². The minimum atomic E-state index is -0.177. The van der Waals surface area contributed by atoms with Crippen molar-refractivity contribution in [1.82, 2.24) is 24.7 Å². The van der Waals surface area contributed by atoms with Crippen molar-refractivity contribution < 1.29 is 0 Å². The highest BCUT2D eigenvalue weighted by atomic mass is 35.5. The van der Waals surface area contributed by atoms with Crippen molar-refractivity contribution in [2.24, 2.45) is 0 Å². The molecule has 3 aromatic rings. The van der Waals surface area contributed by atoms with Gasteiger partial charge >= 0.3 is 0 Å². The summed E-state index contributed by atoms with van der Waals surface area (Å²) in [5, 5.41) is 2.86. The molecule has 0 unspecified atom stereocenters. The van der Waals surface area contributed by atoms with Crippen molar-refractivity contribution in [2.75, 3.05) is 0 Å². The van der Waals surface area contributed by atoms with E-state index < -0.39 is 0 Å². The van der Waals surface area contributed by atoms with E-state index in [0.717, 1.165) is 5.56 Å². The highest BCUT2D eigenvalue weighted by molar-refractivity contribution is 5.85. The fourth-order valence-electron chi connectivity index (χ4n) is 1.68. The molecule has 0 aliphatic carbocycles. The van der Waals surface area contributed by atoms with Crippen LogP contribution < -0.4 is 5.56 Å². The summed E-state index contributed by atoms with van der Waals surface area (Å²) in [6.45, 7) is 0. The van der Waals surface area contributed by atoms with Gasteiger partial charge in [0.15, 0.2) is 5.82 Å². The predicted octanol–water partition coefficient (Wildman–Crippen LogP) is 1.44. The zero-order valence-electron chi connectivity index (χ0n) is 9.72. The van der Waals surface area contributed by atoms with E-state index in [4.69, 9.17) is 0 Å². The van der Waals surface area contributed by atoms with Crippen molar-refractivity contribution in [2.45, 2.75) is 0 Å². The van der Waals surface area contributed by atoms with Gasteiger partial charge in [-0.3, -0.25) is 19.9 Å². The molecule has 6 nitrogen and oxygen atoms in total. The van der Waals surface area contributed by atoms with Gasteiger partial charge in [0.2, 0.25) is 0 Å². The Kier molecular flexibility index (Phi) is 3.72. The number of nitrogens with one attached hydrogen (secondary N) is 1. The highest BCUT2D eigenvalue weighted by Crippen LogP contribution is 2.12. The molecule has 96 valence electrons. The van der Waals surface area contributed by atoms with E-state index in [1.807, 2.05) is 6.07 Å². The van der Waals surface area contributed by atoms with Crippen LogP contribution in [0.3, 0.4) is 0 Å². The van der Waals surface area contributed by atoms with Crippen LogP contribution in [0.2, 0.25) is 0 Å². The molecule has 19 heavy (non-hydrogen) atoms. The van der Waals surface area contributed by atoms with E-state index in [2.05, 4.69) is 20.1 Å². The van der Waals surface area contributed by atoms with Gasteiger partial charge in [-0.1, -0.05) is 6.07 Å². The lowest BCUT2D eigenvalue weighted by atomic mass is 10.2. The second kappa shape index (κ2) is 5.45. The molecular weight excluding hydrogens is 266 g/mol. The highest BCUT2D eigenvalue weighted by Gasteiger charge is 2.10. The number of hydrogen-bond acceptors (Lipinski definition) is 4. The Morgan fingerprint density at radius 1 is 1.11 bits per heavy atom. The summed E-state index contributed by atoms with van der Waals surface area (Å²) in [5.74, 6) is 0.456. The third kappa shape index (κ3) is 2.38. The Bertz CT molecular complexity index is 648. The van der Waals surface area contributed by atoms with Crippen LogP contribution in [0.1, 0.15) is 0 Å². The van der Waals surface area contributed by atoms with Crippen LogP contribution in [0.15, 0.2) is 54.1 Å². The number of hydrogen-bond donors (Lipinski definition) is 1. The molecule has 0 aromatic carbocycles. The van der Waals surface area contributed by atoms with Gasteiger partial charge in [-0.05, 0) is 6.07 Å². The normalized spacial score (nSPS) is 9.89. The molecule has 0 spiro atoms. The van der Waals surface area contributed by atoms with Crippen LogP contribution in [0.5, 0.6) is 0 Å². The van der Waals surface area contributed by atoms with Crippen molar-refractivity contribution in [1.29, 1.82) is 0 Å². The summed E-state index contributed by atoms with van der Waals surface area (Å²) >= 11 is 0. The lowest BCUT2D eigenvalue weighted by molar-refractivity contribution is 0.811. The molecule has 3 rings (SSSR count). The summed E-state index contributed by atoms with van der Waals surface area (Å²) in [5.41, 5.74) is 1.14. The van der Waals surface area contributed by atoms with Crippen LogP contribution in [0.4, 0.5) is 0 Å². The first-order chi connectivity index (χ1) is 8.86. The summed E-state index contributed by atoms with van der Waals surface area (Å²) in [7, 11) is 0. The summed E-state index contributed by atoms with van der Waals surface area (Å²) in [4.78, 5) is 24.2.